The van der Waals surface area contributed by atoms with Crippen LogP contribution >= 0.6 is 0 Å². The maximum Gasteiger partial charge on any atom is 1.00 e. The van der Waals surface area contributed by atoms with Gasteiger partial charge in [0.25, 0.3) is 0 Å². The zero-order chi connectivity index (χ0) is 5.98. The van der Waals surface area contributed by atoms with Crippen molar-refractivity contribution in [2.75, 3.05) is 0 Å². The molecule has 0 N–H and O–H groups in total. The first-order valence-corrected chi connectivity index (χ1v) is 2.52. The van der Waals surface area contributed by atoms with Gasteiger partial charge in [-0.3, -0.25) is 0 Å². The molecule has 1 aromatic rings. The second-order valence-corrected chi connectivity index (χ2v) is 1.70. The molecule has 0 fully saturated rings. The molecule has 0 unspecified atom stereocenters. The fourth-order valence-corrected chi connectivity index (χ4v) is 0.374. The van der Waals surface area contributed by atoms with E-state index in [-0.39, 0.29) is 65.7 Å². The van der Waals surface area contributed by atoms with Crippen LogP contribution in [-0.4, -0.2) is 20.4 Å². The quantitative estimate of drug-likeness (QED) is 0.311. The molecular formula is C2Hg2N4S2. The Hall–Kier alpha value is 1.25. The SMILES string of the molecule is [Hg+].[Hg+].[S-]c1nnc([S-])nn1. The Morgan fingerprint density at radius 1 is 0.700 bits per heavy atom. The molecule has 0 aliphatic carbocycles. The average molecular weight is 545 g/mol. The monoisotopic (exact) mass is 548 g/mol. The molecule has 44 valence electrons. The van der Waals surface area contributed by atoms with Gasteiger partial charge in [0.15, 0.2) is 0 Å². The van der Waals surface area contributed by atoms with E-state index >= 15 is 0 Å². The van der Waals surface area contributed by atoms with Crippen molar-refractivity contribution in [3.63, 3.8) is 0 Å². The largest absolute Gasteiger partial charge is 1.00 e. The molecule has 0 aliphatic rings. The van der Waals surface area contributed by atoms with Crippen LogP contribution in [0.25, 0.3) is 0 Å². The first-order valence-electron chi connectivity index (χ1n) is 1.70. The fourth-order valence-electron chi connectivity index (χ4n) is 0.211. The van der Waals surface area contributed by atoms with Crippen LogP contribution in [0.4, 0.5) is 0 Å². The molecular weight excluding hydrogens is 545 g/mol. The van der Waals surface area contributed by atoms with E-state index in [4.69, 9.17) is 0 Å². The predicted molar refractivity (Wildman–Crippen MR) is 28.9 cm³/mol. The van der Waals surface area contributed by atoms with Crippen molar-refractivity contribution in [2.24, 2.45) is 0 Å². The number of hydrogen-bond acceptors (Lipinski definition) is 6. The van der Waals surface area contributed by atoms with Crippen LogP contribution in [0, 0.1) is 0 Å². The van der Waals surface area contributed by atoms with E-state index in [9.17, 15) is 0 Å². The van der Waals surface area contributed by atoms with E-state index in [2.05, 4.69) is 45.7 Å². The van der Waals surface area contributed by atoms with Gasteiger partial charge in [-0.2, -0.15) is 20.4 Å². The maximum atomic E-state index is 4.48. The van der Waals surface area contributed by atoms with E-state index in [0.717, 1.165) is 0 Å². The normalized spacial score (nSPS) is 7.20. The Labute approximate surface area is 110 Å². The smallest absolute Gasteiger partial charge is 0.736 e. The number of aromatic nitrogens is 4. The first kappa shape index (κ1) is 13.8. The van der Waals surface area contributed by atoms with Gasteiger partial charge in [0.2, 0.25) is 0 Å². The molecule has 2 radical (unpaired) electrons. The minimum absolute atomic E-state index is 0. The van der Waals surface area contributed by atoms with Crippen LogP contribution in [0.1, 0.15) is 0 Å². The molecule has 1 aromatic heterocycles. The summed E-state index contributed by atoms with van der Waals surface area (Å²) < 4.78 is 0. The van der Waals surface area contributed by atoms with Crippen LogP contribution in [0.2, 0.25) is 0 Å². The Bertz CT molecular complexity index is 158. The minimum atomic E-state index is 0. The summed E-state index contributed by atoms with van der Waals surface area (Å²) in [6, 6.07) is 0. The van der Waals surface area contributed by atoms with Gasteiger partial charge in [-0.25, -0.2) is 0 Å². The molecule has 0 spiro atoms. The summed E-state index contributed by atoms with van der Waals surface area (Å²) in [6.45, 7) is 0. The summed E-state index contributed by atoms with van der Waals surface area (Å²) in [7, 11) is 0. The van der Waals surface area contributed by atoms with Crippen LogP contribution in [0.3, 0.4) is 0 Å². The molecule has 1 heterocycles. The summed E-state index contributed by atoms with van der Waals surface area (Å²) in [5, 5.41) is 13.7. The molecule has 0 saturated heterocycles. The minimum Gasteiger partial charge on any atom is -0.736 e. The zero-order valence-electron chi connectivity index (χ0n) is 5.02. The van der Waals surface area contributed by atoms with Gasteiger partial charge < -0.3 is 25.3 Å². The van der Waals surface area contributed by atoms with Crippen LogP contribution in [0.5, 0.6) is 0 Å². The summed E-state index contributed by atoms with van der Waals surface area (Å²) >= 11 is 8.96. The summed E-state index contributed by atoms with van der Waals surface area (Å²) in [6.07, 6.45) is 0. The Morgan fingerprint density at radius 3 is 1.10 bits per heavy atom. The topological polar surface area (TPSA) is 51.6 Å². The number of nitrogens with zero attached hydrogens (tertiary/aromatic N) is 4. The van der Waals surface area contributed by atoms with Crippen LogP contribution in [0.15, 0.2) is 10.3 Å². The van der Waals surface area contributed by atoms with Gasteiger partial charge in [-0.1, -0.05) is 0 Å². The van der Waals surface area contributed by atoms with Crippen molar-refractivity contribution in [3.05, 3.63) is 0 Å². The van der Waals surface area contributed by atoms with Crippen LogP contribution in [-0.2, 0) is 80.6 Å². The first-order chi connectivity index (χ1) is 3.79. The maximum absolute atomic E-state index is 4.48. The zero-order valence-corrected chi connectivity index (χ0v) is 17.6. The van der Waals surface area contributed by atoms with Gasteiger partial charge in [-0.15, -0.1) is 0 Å². The van der Waals surface area contributed by atoms with Crippen molar-refractivity contribution in [1.82, 2.24) is 20.4 Å². The van der Waals surface area contributed by atoms with Gasteiger partial charge in [-0.05, 0) is 0 Å². The molecule has 0 atom stereocenters. The summed E-state index contributed by atoms with van der Waals surface area (Å²) in [5.41, 5.74) is 0. The Morgan fingerprint density at radius 2 is 0.900 bits per heavy atom. The summed E-state index contributed by atoms with van der Waals surface area (Å²) in [5.74, 6) is 0. The van der Waals surface area contributed by atoms with Crippen LogP contribution < -0.4 is 0 Å². The number of rotatable bonds is 0. The van der Waals surface area contributed by atoms with E-state index < -0.39 is 0 Å². The Balaban J connectivity index is 0. The number of hydrogen-bond donors (Lipinski definition) is 0. The van der Waals surface area contributed by atoms with Gasteiger partial charge >= 0.3 is 55.3 Å². The molecule has 0 aliphatic heterocycles. The predicted octanol–water partition coefficient (Wildman–Crippen LogP) is -0.927. The second kappa shape index (κ2) is 6.93. The third-order valence-corrected chi connectivity index (χ3v) is 0.769. The molecule has 1 rings (SSSR count). The molecule has 0 aromatic carbocycles. The summed E-state index contributed by atoms with van der Waals surface area (Å²) in [4.78, 5) is 0. The molecule has 0 bridgehead atoms. The van der Waals surface area contributed by atoms with Crippen molar-refractivity contribution in [2.45, 2.75) is 10.3 Å². The van der Waals surface area contributed by atoms with E-state index in [1.165, 1.54) is 0 Å². The molecule has 8 heteroatoms. The fraction of sp³-hybridized carbons (Fsp3) is 0. The molecule has 0 saturated carbocycles. The van der Waals surface area contributed by atoms with Crippen molar-refractivity contribution in [3.8, 4) is 0 Å². The standard InChI is InChI=1S/C2H2N4S2.2Hg/c7-1-3-5-2(8)6-4-1;;/h(H,3,4,7)(H,5,6,8);;/q;2*+1/p-2. The third-order valence-electron chi connectivity index (χ3n) is 0.442. The average Bonchev–Trinajstić information content (AvgIpc) is 1.77. The van der Waals surface area contributed by atoms with E-state index in [1.54, 1.807) is 0 Å². The van der Waals surface area contributed by atoms with Crippen molar-refractivity contribution >= 4 is 25.3 Å². The second-order valence-electron chi connectivity index (χ2n) is 0.965. The van der Waals surface area contributed by atoms with Crippen molar-refractivity contribution in [1.29, 1.82) is 0 Å². The molecule has 0 amide bonds. The van der Waals surface area contributed by atoms with Crippen molar-refractivity contribution < 1.29 is 55.3 Å². The Kier molecular flexibility index (Phi) is 9.57. The molecule has 4 nitrogen and oxygen atoms in total. The molecule has 10 heavy (non-hydrogen) atoms. The van der Waals surface area contributed by atoms with E-state index in [1.807, 2.05) is 0 Å². The third kappa shape index (κ3) is 4.97. The van der Waals surface area contributed by atoms with Gasteiger partial charge in [0.1, 0.15) is 0 Å². The van der Waals surface area contributed by atoms with E-state index in [0.29, 0.717) is 0 Å². The van der Waals surface area contributed by atoms with Gasteiger partial charge in [0, 0.05) is 0 Å². The van der Waals surface area contributed by atoms with Gasteiger partial charge in [0.05, 0.1) is 10.3 Å².